The molecule has 1 unspecified atom stereocenters. The fraction of sp³-hybridized carbons (Fsp3) is 1.00. The lowest BCUT2D eigenvalue weighted by Gasteiger charge is -2.27. The minimum atomic E-state index is 0.780. The van der Waals surface area contributed by atoms with Gasteiger partial charge in [-0.1, -0.05) is 13.8 Å². The minimum absolute atomic E-state index is 0.780. The molecule has 0 heterocycles. The fourth-order valence-electron chi connectivity index (χ4n) is 2.54. The fourth-order valence-corrected chi connectivity index (χ4v) is 2.54. The maximum atomic E-state index is 3.67. The zero-order valence-corrected chi connectivity index (χ0v) is 10.3. The normalized spacial score (nSPS) is 23.4. The third kappa shape index (κ3) is 3.46. The van der Waals surface area contributed by atoms with Crippen molar-refractivity contribution in [3.8, 4) is 0 Å². The van der Waals surface area contributed by atoms with E-state index in [0.717, 1.165) is 24.5 Å². The van der Waals surface area contributed by atoms with Crippen LogP contribution in [0.4, 0.5) is 0 Å². The van der Waals surface area contributed by atoms with Crippen molar-refractivity contribution in [2.75, 3.05) is 19.6 Å². The summed E-state index contributed by atoms with van der Waals surface area (Å²) in [7, 11) is 0. The molecule has 1 atom stereocenters. The molecule has 0 aromatic carbocycles. The quantitative estimate of drug-likeness (QED) is 0.661. The summed E-state index contributed by atoms with van der Waals surface area (Å²) in [5.74, 6) is 0.989. The lowest BCUT2D eigenvalue weighted by Crippen LogP contribution is -2.43. The van der Waals surface area contributed by atoms with E-state index in [1.54, 1.807) is 0 Å². The highest BCUT2D eigenvalue weighted by Crippen LogP contribution is 2.35. The Hall–Kier alpha value is -0.0800. The van der Waals surface area contributed by atoms with Gasteiger partial charge in [0.05, 0.1) is 0 Å². The Morgan fingerprint density at radius 1 is 1.20 bits per heavy atom. The second-order valence-corrected chi connectivity index (χ2v) is 5.23. The zero-order valence-electron chi connectivity index (χ0n) is 10.3. The molecule has 2 heteroatoms. The summed E-state index contributed by atoms with van der Waals surface area (Å²) in [6, 6.07) is 1.71. The number of nitrogens with one attached hydrogen (secondary N) is 1. The first kappa shape index (κ1) is 11.4. The molecule has 88 valence electrons. The van der Waals surface area contributed by atoms with Crippen LogP contribution in [-0.4, -0.2) is 36.6 Å². The van der Waals surface area contributed by atoms with Gasteiger partial charge in [-0.15, -0.1) is 0 Å². The van der Waals surface area contributed by atoms with Gasteiger partial charge < -0.3 is 5.32 Å². The predicted octanol–water partition coefficient (Wildman–Crippen LogP) is 2.25. The molecule has 2 aliphatic rings. The van der Waals surface area contributed by atoms with E-state index >= 15 is 0 Å². The Kier molecular flexibility index (Phi) is 4.04. The molecule has 0 aliphatic heterocycles. The zero-order chi connectivity index (χ0) is 10.7. The van der Waals surface area contributed by atoms with Gasteiger partial charge in [0.2, 0.25) is 0 Å². The monoisotopic (exact) mass is 210 g/mol. The topological polar surface area (TPSA) is 15.3 Å². The molecule has 2 saturated carbocycles. The average molecular weight is 210 g/mol. The van der Waals surface area contributed by atoms with Gasteiger partial charge in [-0.2, -0.15) is 0 Å². The summed E-state index contributed by atoms with van der Waals surface area (Å²) in [5.41, 5.74) is 0. The summed E-state index contributed by atoms with van der Waals surface area (Å²) in [6.07, 6.45) is 7.12. The Morgan fingerprint density at radius 2 is 1.93 bits per heavy atom. The summed E-state index contributed by atoms with van der Waals surface area (Å²) < 4.78 is 0. The Balaban J connectivity index is 1.78. The van der Waals surface area contributed by atoms with Gasteiger partial charge in [-0.3, -0.25) is 4.90 Å². The van der Waals surface area contributed by atoms with Gasteiger partial charge in [0, 0.05) is 18.6 Å². The highest BCUT2D eigenvalue weighted by Gasteiger charge is 2.35. The van der Waals surface area contributed by atoms with Crippen LogP contribution in [0.2, 0.25) is 0 Å². The molecule has 0 aromatic heterocycles. The van der Waals surface area contributed by atoms with Crippen LogP contribution in [0.3, 0.4) is 0 Å². The molecule has 1 N–H and O–H groups in total. The summed E-state index contributed by atoms with van der Waals surface area (Å²) >= 11 is 0. The van der Waals surface area contributed by atoms with Gasteiger partial charge in [-0.25, -0.2) is 0 Å². The van der Waals surface area contributed by atoms with Crippen molar-refractivity contribution in [2.45, 2.75) is 58.0 Å². The van der Waals surface area contributed by atoms with Gasteiger partial charge in [0.25, 0.3) is 0 Å². The number of hydrogen-bond donors (Lipinski definition) is 1. The van der Waals surface area contributed by atoms with Gasteiger partial charge in [0.1, 0.15) is 0 Å². The second kappa shape index (κ2) is 5.31. The maximum absolute atomic E-state index is 3.67. The summed E-state index contributed by atoms with van der Waals surface area (Å²) in [6.45, 7) is 8.27. The van der Waals surface area contributed by atoms with Gasteiger partial charge in [0.15, 0.2) is 0 Å². The Bertz CT molecular complexity index is 165. The van der Waals surface area contributed by atoms with Crippen LogP contribution in [0.25, 0.3) is 0 Å². The molecular formula is C13H26N2. The van der Waals surface area contributed by atoms with Crippen molar-refractivity contribution < 1.29 is 0 Å². The van der Waals surface area contributed by atoms with E-state index in [9.17, 15) is 0 Å². The molecule has 0 radical (unpaired) electrons. The minimum Gasteiger partial charge on any atom is -0.313 e. The molecule has 2 nitrogen and oxygen atoms in total. The van der Waals surface area contributed by atoms with Crippen molar-refractivity contribution in [1.29, 1.82) is 0 Å². The largest absolute Gasteiger partial charge is 0.313 e. The van der Waals surface area contributed by atoms with Crippen molar-refractivity contribution in [3.63, 3.8) is 0 Å². The van der Waals surface area contributed by atoms with E-state index in [4.69, 9.17) is 0 Å². The molecule has 2 fully saturated rings. The average Bonchev–Trinajstić information content (AvgIpc) is 3.05. The lowest BCUT2D eigenvalue weighted by atomic mass is 10.1. The van der Waals surface area contributed by atoms with Crippen molar-refractivity contribution in [3.05, 3.63) is 0 Å². The standard InChI is InChI=1S/C13H26N2/c1-3-9-15(12-7-8-12)10-13(14-4-2)11-5-6-11/h11-14H,3-10H2,1-2H3. The summed E-state index contributed by atoms with van der Waals surface area (Å²) in [5, 5.41) is 3.67. The van der Waals surface area contributed by atoms with Crippen LogP contribution in [0.5, 0.6) is 0 Å². The van der Waals surface area contributed by atoms with E-state index < -0.39 is 0 Å². The van der Waals surface area contributed by atoms with Crippen molar-refractivity contribution in [2.24, 2.45) is 5.92 Å². The molecule has 0 aromatic rings. The molecule has 2 aliphatic carbocycles. The van der Waals surface area contributed by atoms with E-state index in [1.165, 1.54) is 45.2 Å². The van der Waals surface area contributed by atoms with E-state index in [-0.39, 0.29) is 0 Å². The third-order valence-electron chi connectivity index (χ3n) is 3.66. The molecule has 0 amide bonds. The van der Waals surface area contributed by atoms with Crippen LogP contribution >= 0.6 is 0 Å². The number of nitrogens with zero attached hydrogens (tertiary/aromatic N) is 1. The van der Waals surface area contributed by atoms with Crippen LogP contribution in [0, 0.1) is 5.92 Å². The van der Waals surface area contributed by atoms with Gasteiger partial charge >= 0.3 is 0 Å². The van der Waals surface area contributed by atoms with E-state index in [2.05, 4.69) is 24.1 Å². The smallest absolute Gasteiger partial charge is 0.0223 e. The highest BCUT2D eigenvalue weighted by molar-refractivity contribution is 4.92. The molecule has 2 rings (SSSR count). The van der Waals surface area contributed by atoms with E-state index in [0.29, 0.717) is 0 Å². The Labute approximate surface area is 94.4 Å². The highest BCUT2D eigenvalue weighted by atomic mass is 15.2. The van der Waals surface area contributed by atoms with Gasteiger partial charge in [-0.05, 0) is 51.1 Å². The van der Waals surface area contributed by atoms with Crippen molar-refractivity contribution in [1.82, 2.24) is 10.2 Å². The van der Waals surface area contributed by atoms with Crippen molar-refractivity contribution >= 4 is 0 Å². The van der Waals surface area contributed by atoms with Crippen LogP contribution in [0.15, 0.2) is 0 Å². The predicted molar refractivity (Wildman–Crippen MR) is 65.1 cm³/mol. The van der Waals surface area contributed by atoms with E-state index in [1.807, 2.05) is 0 Å². The maximum Gasteiger partial charge on any atom is 0.0223 e. The first-order chi connectivity index (χ1) is 7.35. The molecule has 0 bridgehead atoms. The van der Waals surface area contributed by atoms with Crippen LogP contribution < -0.4 is 5.32 Å². The molecule has 0 saturated heterocycles. The summed E-state index contributed by atoms with van der Waals surface area (Å²) in [4.78, 5) is 2.73. The second-order valence-electron chi connectivity index (χ2n) is 5.23. The molecule has 0 spiro atoms. The number of likely N-dealkylation sites (N-methyl/N-ethyl adjacent to an activating group) is 1. The first-order valence-electron chi connectivity index (χ1n) is 6.82. The van der Waals surface area contributed by atoms with Crippen LogP contribution in [-0.2, 0) is 0 Å². The number of hydrogen-bond acceptors (Lipinski definition) is 2. The SMILES string of the molecule is CCCN(CC(NCC)C1CC1)C1CC1. The van der Waals surface area contributed by atoms with Crippen LogP contribution in [0.1, 0.15) is 46.0 Å². The molecular weight excluding hydrogens is 184 g/mol. The third-order valence-corrected chi connectivity index (χ3v) is 3.66. The Morgan fingerprint density at radius 3 is 2.40 bits per heavy atom. The first-order valence-corrected chi connectivity index (χ1v) is 6.82. The number of rotatable bonds is 8. The molecule has 15 heavy (non-hydrogen) atoms. The lowest BCUT2D eigenvalue weighted by molar-refractivity contribution is 0.223.